The number of hydrogen-bond donors (Lipinski definition) is 1. The largest absolute Gasteiger partial charge is 0.385 e. The smallest absolute Gasteiger partial charge is 0.129 e. The van der Waals surface area contributed by atoms with Crippen LogP contribution in [0, 0.1) is 11.7 Å². The van der Waals surface area contributed by atoms with Gasteiger partial charge in [0.2, 0.25) is 0 Å². The van der Waals surface area contributed by atoms with E-state index in [-0.39, 0.29) is 11.9 Å². The van der Waals surface area contributed by atoms with Gasteiger partial charge in [0, 0.05) is 38.3 Å². The van der Waals surface area contributed by atoms with E-state index in [9.17, 15) is 4.39 Å². The van der Waals surface area contributed by atoms with Gasteiger partial charge in [-0.1, -0.05) is 18.2 Å². The van der Waals surface area contributed by atoms with E-state index in [2.05, 4.69) is 5.32 Å². The Morgan fingerprint density at radius 2 is 2.20 bits per heavy atom. The van der Waals surface area contributed by atoms with Gasteiger partial charge in [0.05, 0.1) is 6.10 Å². The van der Waals surface area contributed by atoms with E-state index in [1.807, 2.05) is 12.1 Å². The van der Waals surface area contributed by atoms with Crippen molar-refractivity contribution in [3.8, 4) is 0 Å². The van der Waals surface area contributed by atoms with Crippen molar-refractivity contribution in [3.05, 3.63) is 35.6 Å². The van der Waals surface area contributed by atoms with Crippen LogP contribution < -0.4 is 5.32 Å². The SMILES string of the molecule is COCCCO[C@@H](c1ccccc1F)[C@@H]1CCCNC1. The van der Waals surface area contributed by atoms with Crippen molar-refractivity contribution in [2.45, 2.75) is 25.4 Å². The fraction of sp³-hybridized carbons (Fsp3) is 0.625. The number of methoxy groups -OCH3 is 1. The normalized spacial score (nSPS) is 20.8. The molecule has 1 aliphatic rings. The average molecular weight is 281 g/mol. The number of piperidine rings is 1. The average Bonchev–Trinajstić information content (AvgIpc) is 2.49. The number of hydrogen-bond acceptors (Lipinski definition) is 3. The summed E-state index contributed by atoms with van der Waals surface area (Å²) in [6.45, 7) is 3.21. The molecule has 0 saturated carbocycles. The van der Waals surface area contributed by atoms with Crippen LogP contribution in [0.3, 0.4) is 0 Å². The molecular formula is C16H24FNO2. The highest BCUT2D eigenvalue weighted by atomic mass is 19.1. The van der Waals surface area contributed by atoms with Gasteiger partial charge in [0.25, 0.3) is 0 Å². The molecule has 1 heterocycles. The van der Waals surface area contributed by atoms with Gasteiger partial charge in [-0.15, -0.1) is 0 Å². The Bertz CT molecular complexity index is 394. The first-order chi connectivity index (χ1) is 9.83. The number of benzene rings is 1. The minimum absolute atomic E-state index is 0.166. The van der Waals surface area contributed by atoms with Crippen molar-refractivity contribution in [1.82, 2.24) is 5.32 Å². The number of nitrogens with one attached hydrogen (secondary N) is 1. The van der Waals surface area contributed by atoms with Crippen LogP contribution in [-0.4, -0.2) is 33.4 Å². The first-order valence-electron chi connectivity index (χ1n) is 7.38. The zero-order valence-corrected chi connectivity index (χ0v) is 12.1. The second-order valence-electron chi connectivity index (χ2n) is 5.27. The molecule has 112 valence electrons. The van der Waals surface area contributed by atoms with Crippen molar-refractivity contribution >= 4 is 0 Å². The molecule has 20 heavy (non-hydrogen) atoms. The molecule has 1 aromatic carbocycles. The molecule has 4 heteroatoms. The highest BCUT2D eigenvalue weighted by molar-refractivity contribution is 5.21. The van der Waals surface area contributed by atoms with E-state index < -0.39 is 0 Å². The fourth-order valence-electron chi connectivity index (χ4n) is 2.74. The maximum absolute atomic E-state index is 14.0. The molecule has 0 amide bonds. The molecule has 1 N–H and O–H groups in total. The number of halogens is 1. The Kier molecular flexibility index (Phi) is 6.43. The topological polar surface area (TPSA) is 30.5 Å². The summed E-state index contributed by atoms with van der Waals surface area (Å²) in [5.74, 6) is 0.165. The number of ether oxygens (including phenoxy) is 2. The maximum Gasteiger partial charge on any atom is 0.129 e. The van der Waals surface area contributed by atoms with Gasteiger partial charge in [-0.05, 0) is 31.9 Å². The van der Waals surface area contributed by atoms with E-state index in [1.165, 1.54) is 6.07 Å². The van der Waals surface area contributed by atoms with Crippen LogP contribution in [0.1, 0.15) is 30.9 Å². The van der Waals surface area contributed by atoms with Gasteiger partial charge in [-0.3, -0.25) is 0 Å². The lowest BCUT2D eigenvalue weighted by atomic mass is 9.89. The molecule has 0 aromatic heterocycles. The second kappa shape index (κ2) is 8.35. The summed E-state index contributed by atoms with van der Waals surface area (Å²) in [4.78, 5) is 0. The van der Waals surface area contributed by atoms with Crippen LogP contribution >= 0.6 is 0 Å². The predicted octanol–water partition coefficient (Wildman–Crippen LogP) is 2.92. The molecule has 3 nitrogen and oxygen atoms in total. The van der Waals surface area contributed by atoms with Crippen molar-refractivity contribution < 1.29 is 13.9 Å². The summed E-state index contributed by atoms with van der Waals surface area (Å²) in [5, 5.41) is 3.38. The lowest BCUT2D eigenvalue weighted by Gasteiger charge is -2.31. The minimum atomic E-state index is -0.171. The molecule has 0 radical (unpaired) electrons. The van der Waals surface area contributed by atoms with Crippen molar-refractivity contribution in [2.75, 3.05) is 33.4 Å². The fourth-order valence-corrected chi connectivity index (χ4v) is 2.74. The summed E-state index contributed by atoms with van der Waals surface area (Å²) >= 11 is 0. The van der Waals surface area contributed by atoms with E-state index in [1.54, 1.807) is 13.2 Å². The van der Waals surface area contributed by atoms with Gasteiger partial charge in [0.1, 0.15) is 5.82 Å². The summed E-state index contributed by atoms with van der Waals surface area (Å²) in [6, 6.07) is 6.95. The van der Waals surface area contributed by atoms with Gasteiger partial charge < -0.3 is 14.8 Å². The molecule has 2 atom stereocenters. The Balaban J connectivity index is 2.04. The van der Waals surface area contributed by atoms with E-state index in [4.69, 9.17) is 9.47 Å². The van der Waals surface area contributed by atoms with Gasteiger partial charge in [-0.25, -0.2) is 4.39 Å². The van der Waals surface area contributed by atoms with Crippen LogP contribution in [0.25, 0.3) is 0 Å². The third-order valence-electron chi connectivity index (χ3n) is 3.77. The first-order valence-corrected chi connectivity index (χ1v) is 7.38. The van der Waals surface area contributed by atoms with Gasteiger partial charge in [-0.2, -0.15) is 0 Å². The van der Waals surface area contributed by atoms with Crippen LogP contribution in [0.4, 0.5) is 4.39 Å². The van der Waals surface area contributed by atoms with Crippen LogP contribution in [0.2, 0.25) is 0 Å². The highest BCUT2D eigenvalue weighted by Gasteiger charge is 2.27. The van der Waals surface area contributed by atoms with Crippen LogP contribution in [0.5, 0.6) is 0 Å². The summed E-state index contributed by atoms with van der Waals surface area (Å²) < 4.78 is 25.1. The Hall–Kier alpha value is -0.970. The quantitative estimate of drug-likeness (QED) is 0.780. The van der Waals surface area contributed by atoms with Gasteiger partial charge in [0.15, 0.2) is 0 Å². The molecule has 2 rings (SSSR count). The molecule has 1 aromatic rings. The van der Waals surface area contributed by atoms with E-state index in [0.717, 1.165) is 32.4 Å². The van der Waals surface area contributed by atoms with Crippen LogP contribution in [0.15, 0.2) is 24.3 Å². The van der Waals surface area contributed by atoms with Crippen molar-refractivity contribution in [3.63, 3.8) is 0 Å². The predicted molar refractivity (Wildman–Crippen MR) is 77.2 cm³/mol. The van der Waals surface area contributed by atoms with E-state index in [0.29, 0.717) is 24.7 Å². The zero-order valence-electron chi connectivity index (χ0n) is 12.1. The summed E-state index contributed by atoms with van der Waals surface area (Å²) in [7, 11) is 1.68. The summed E-state index contributed by atoms with van der Waals surface area (Å²) in [6.07, 6.45) is 2.87. The first kappa shape index (κ1) is 15.4. The molecule has 1 fully saturated rings. The third-order valence-corrected chi connectivity index (χ3v) is 3.77. The molecule has 1 saturated heterocycles. The molecular weight excluding hydrogens is 257 g/mol. The lowest BCUT2D eigenvalue weighted by molar-refractivity contribution is -0.00697. The third kappa shape index (κ3) is 4.27. The minimum Gasteiger partial charge on any atom is -0.385 e. The summed E-state index contributed by atoms with van der Waals surface area (Å²) in [5.41, 5.74) is 0.679. The monoisotopic (exact) mass is 281 g/mol. The lowest BCUT2D eigenvalue weighted by Crippen LogP contribution is -2.34. The molecule has 0 bridgehead atoms. The second-order valence-corrected chi connectivity index (χ2v) is 5.27. The van der Waals surface area contributed by atoms with E-state index >= 15 is 0 Å². The highest BCUT2D eigenvalue weighted by Crippen LogP contribution is 2.32. The standard InChI is InChI=1S/C16H24FNO2/c1-19-10-5-11-20-16(13-6-4-9-18-12-13)14-7-2-3-8-15(14)17/h2-3,7-8,13,16,18H,4-6,9-12H2,1H3/t13-,16-/m1/s1. The Morgan fingerprint density at radius 3 is 2.90 bits per heavy atom. The van der Waals surface area contributed by atoms with Crippen LogP contribution in [-0.2, 0) is 9.47 Å². The zero-order chi connectivity index (χ0) is 14.2. The van der Waals surface area contributed by atoms with Crippen molar-refractivity contribution in [2.24, 2.45) is 5.92 Å². The molecule has 0 aliphatic carbocycles. The molecule has 1 aliphatic heterocycles. The Morgan fingerprint density at radius 1 is 1.35 bits per heavy atom. The molecule has 0 unspecified atom stereocenters. The maximum atomic E-state index is 14.0. The Labute approximate surface area is 120 Å². The number of rotatable bonds is 7. The van der Waals surface area contributed by atoms with Gasteiger partial charge >= 0.3 is 0 Å². The van der Waals surface area contributed by atoms with Crippen molar-refractivity contribution in [1.29, 1.82) is 0 Å². The molecule has 0 spiro atoms.